The summed E-state index contributed by atoms with van der Waals surface area (Å²) in [6, 6.07) is 0. The quantitative estimate of drug-likeness (QED) is 0.424. The van der Waals surface area contributed by atoms with E-state index in [1.807, 2.05) is 12.3 Å². The lowest BCUT2D eigenvalue weighted by molar-refractivity contribution is 0.398. The van der Waals surface area contributed by atoms with Gasteiger partial charge in [-0.15, -0.1) is 0 Å². The zero-order chi connectivity index (χ0) is 8.39. The smallest absolute Gasteiger partial charge is 0.0655 e. The van der Waals surface area contributed by atoms with Crippen LogP contribution in [0.2, 0.25) is 0 Å². The van der Waals surface area contributed by atoms with E-state index in [1.54, 1.807) is 5.01 Å². The summed E-state index contributed by atoms with van der Waals surface area (Å²) < 4.78 is 0. The lowest BCUT2D eigenvalue weighted by Gasteiger charge is -2.19. The van der Waals surface area contributed by atoms with E-state index in [9.17, 15) is 0 Å². The number of nitrogens with one attached hydrogen (secondary N) is 2. The van der Waals surface area contributed by atoms with Gasteiger partial charge in [0.1, 0.15) is 0 Å². The molecule has 0 aromatic heterocycles. The molecule has 0 aromatic rings. The predicted molar refractivity (Wildman–Crippen MR) is 47.7 cm³/mol. The molecule has 4 N–H and O–H groups in total. The van der Waals surface area contributed by atoms with Crippen molar-refractivity contribution in [2.24, 2.45) is 5.84 Å². The topological polar surface area (TPSA) is 53.3 Å². The standard InChI is InChI=1S/C8H14N4/c9-12-3-1-7-5-10-6-11-8(7)2-4-12/h2,4,10-11H,1,3,5-6,9H2. The molecule has 66 valence electrons. The highest BCUT2D eigenvalue weighted by Crippen LogP contribution is 2.13. The SMILES string of the molecule is NN1C=CC2=C(CC1)CNCN2. The first kappa shape index (κ1) is 7.64. The largest absolute Gasteiger partial charge is 0.372 e. The van der Waals surface area contributed by atoms with Crippen LogP contribution in [0.1, 0.15) is 6.42 Å². The van der Waals surface area contributed by atoms with Gasteiger partial charge in [-0.05, 0) is 18.1 Å². The summed E-state index contributed by atoms with van der Waals surface area (Å²) in [5, 5.41) is 8.27. The minimum Gasteiger partial charge on any atom is -0.372 e. The second-order valence-corrected chi connectivity index (χ2v) is 3.10. The summed E-state index contributed by atoms with van der Waals surface area (Å²) in [6.07, 6.45) is 5.00. The van der Waals surface area contributed by atoms with E-state index < -0.39 is 0 Å². The minimum atomic E-state index is 0.855. The van der Waals surface area contributed by atoms with Gasteiger partial charge in [0.25, 0.3) is 0 Å². The first-order valence-corrected chi connectivity index (χ1v) is 4.22. The van der Waals surface area contributed by atoms with Gasteiger partial charge in [0.05, 0.1) is 6.67 Å². The fourth-order valence-corrected chi connectivity index (χ4v) is 1.50. The molecule has 0 saturated carbocycles. The summed E-state index contributed by atoms with van der Waals surface area (Å²) in [6.45, 7) is 2.74. The van der Waals surface area contributed by atoms with Gasteiger partial charge in [-0.25, -0.2) is 5.84 Å². The number of hydrogen-bond acceptors (Lipinski definition) is 4. The molecule has 0 fully saturated rings. The van der Waals surface area contributed by atoms with Crippen LogP contribution in [-0.2, 0) is 0 Å². The maximum Gasteiger partial charge on any atom is 0.0655 e. The summed E-state index contributed by atoms with van der Waals surface area (Å²) in [5.41, 5.74) is 2.66. The fraction of sp³-hybridized carbons (Fsp3) is 0.500. The molecule has 4 heteroatoms. The van der Waals surface area contributed by atoms with Gasteiger partial charge in [-0.2, -0.15) is 0 Å². The highest BCUT2D eigenvalue weighted by atomic mass is 15.4. The fourth-order valence-electron chi connectivity index (χ4n) is 1.50. The molecule has 0 bridgehead atoms. The van der Waals surface area contributed by atoms with Crippen LogP contribution in [0, 0.1) is 0 Å². The van der Waals surface area contributed by atoms with E-state index >= 15 is 0 Å². The Kier molecular flexibility index (Phi) is 2.01. The molecule has 0 radical (unpaired) electrons. The monoisotopic (exact) mass is 166 g/mol. The van der Waals surface area contributed by atoms with Gasteiger partial charge in [-0.3, -0.25) is 5.32 Å². The van der Waals surface area contributed by atoms with Crippen molar-refractivity contribution < 1.29 is 0 Å². The molecule has 0 aromatic carbocycles. The summed E-state index contributed by atoms with van der Waals surface area (Å²) >= 11 is 0. The molecule has 2 heterocycles. The Hall–Kier alpha value is -1.00. The molecule has 0 saturated heterocycles. The zero-order valence-corrected chi connectivity index (χ0v) is 7.01. The molecule has 0 amide bonds. The summed E-state index contributed by atoms with van der Waals surface area (Å²) in [5.74, 6) is 5.66. The van der Waals surface area contributed by atoms with Crippen LogP contribution in [0.4, 0.5) is 0 Å². The van der Waals surface area contributed by atoms with Gasteiger partial charge in [-0.1, -0.05) is 0 Å². The lowest BCUT2D eigenvalue weighted by Crippen LogP contribution is -2.36. The van der Waals surface area contributed by atoms with Crippen molar-refractivity contribution in [1.82, 2.24) is 15.6 Å². The Bertz CT molecular complexity index is 231. The number of rotatable bonds is 0. The Morgan fingerprint density at radius 1 is 1.50 bits per heavy atom. The van der Waals surface area contributed by atoms with E-state index in [0.717, 1.165) is 26.2 Å². The third-order valence-electron chi connectivity index (χ3n) is 2.23. The molecular formula is C8H14N4. The van der Waals surface area contributed by atoms with Crippen molar-refractivity contribution in [3.05, 3.63) is 23.5 Å². The highest BCUT2D eigenvalue weighted by molar-refractivity contribution is 5.28. The predicted octanol–water partition coefficient (Wildman–Crippen LogP) is -0.516. The van der Waals surface area contributed by atoms with Gasteiger partial charge < -0.3 is 10.3 Å². The van der Waals surface area contributed by atoms with Crippen molar-refractivity contribution in [1.29, 1.82) is 0 Å². The van der Waals surface area contributed by atoms with Gasteiger partial charge >= 0.3 is 0 Å². The second kappa shape index (κ2) is 3.16. The molecule has 12 heavy (non-hydrogen) atoms. The zero-order valence-electron chi connectivity index (χ0n) is 7.01. The van der Waals surface area contributed by atoms with Gasteiger partial charge in [0.15, 0.2) is 0 Å². The number of nitrogens with zero attached hydrogens (tertiary/aromatic N) is 1. The van der Waals surface area contributed by atoms with E-state index in [-0.39, 0.29) is 0 Å². The third-order valence-corrected chi connectivity index (χ3v) is 2.23. The lowest BCUT2D eigenvalue weighted by atomic mass is 10.1. The van der Waals surface area contributed by atoms with E-state index in [4.69, 9.17) is 5.84 Å². The second-order valence-electron chi connectivity index (χ2n) is 3.10. The average molecular weight is 166 g/mol. The summed E-state index contributed by atoms with van der Waals surface area (Å²) in [4.78, 5) is 0. The van der Waals surface area contributed by atoms with Crippen LogP contribution < -0.4 is 16.5 Å². The van der Waals surface area contributed by atoms with Gasteiger partial charge in [0.2, 0.25) is 0 Å². The number of hydrazine groups is 1. The Labute approximate surface area is 72.1 Å². The first-order valence-electron chi connectivity index (χ1n) is 4.22. The Morgan fingerprint density at radius 2 is 2.42 bits per heavy atom. The van der Waals surface area contributed by atoms with Crippen LogP contribution in [0.15, 0.2) is 23.5 Å². The Morgan fingerprint density at radius 3 is 3.33 bits per heavy atom. The molecular weight excluding hydrogens is 152 g/mol. The van der Waals surface area contributed by atoms with Crippen molar-refractivity contribution in [3.63, 3.8) is 0 Å². The first-order chi connectivity index (χ1) is 5.86. The number of allylic oxidation sites excluding steroid dienone is 1. The van der Waals surface area contributed by atoms with Gasteiger partial charge in [0, 0.05) is 25.0 Å². The normalized spacial score (nSPS) is 23.2. The maximum absolute atomic E-state index is 5.66. The van der Waals surface area contributed by atoms with Crippen molar-refractivity contribution in [3.8, 4) is 0 Å². The van der Waals surface area contributed by atoms with Crippen molar-refractivity contribution >= 4 is 0 Å². The molecule has 0 atom stereocenters. The molecule has 0 unspecified atom stereocenters. The van der Waals surface area contributed by atoms with E-state index in [2.05, 4.69) is 10.6 Å². The molecule has 0 spiro atoms. The van der Waals surface area contributed by atoms with E-state index in [0.29, 0.717) is 0 Å². The van der Waals surface area contributed by atoms with Crippen molar-refractivity contribution in [2.75, 3.05) is 19.8 Å². The molecule has 0 aliphatic carbocycles. The Balaban J connectivity index is 2.18. The number of hydrogen-bond donors (Lipinski definition) is 3. The molecule has 2 aliphatic rings. The van der Waals surface area contributed by atoms with E-state index in [1.165, 1.54) is 11.3 Å². The van der Waals surface area contributed by atoms with Crippen LogP contribution >= 0.6 is 0 Å². The molecule has 2 rings (SSSR count). The minimum absolute atomic E-state index is 0.855. The molecule has 4 nitrogen and oxygen atoms in total. The van der Waals surface area contributed by atoms with Crippen molar-refractivity contribution in [2.45, 2.75) is 6.42 Å². The average Bonchev–Trinajstić information content (AvgIpc) is 2.29. The summed E-state index contributed by atoms with van der Waals surface area (Å²) in [7, 11) is 0. The number of nitrogens with two attached hydrogens (primary N) is 1. The maximum atomic E-state index is 5.66. The molecule has 2 aliphatic heterocycles. The van der Waals surface area contributed by atoms with Crippen LogP contribution in [0.5, 0.6) is 0 Å². The van der Waals surface area contributed by atoms with Crippen LogP contribution in [0.3, 0.4) is 0 Å². The van der Waals surface area contributed by atoms with Crippen LogP contribution in [-0.4, -0.2) is 24.8 Å². The van der Waals surface area contributed by atoms with Crippen LogP contribution in [0.25, 0.3) is 0 Å². The third kappa shape index (κ3) is 1.44. The highest BCUT2D eigenvalue weighted by Gasteiger charge is 2.12.